The number of hydrogen-bond donors (Lipinski definition) is 3. The molecule has 3 atom stereocenters. The maximum atomic E-state index is 14.4. The number of ether oxygens (including phenoxy) is 2. The molecule has 0 amide bonds. The van der Waals surface area contributed by atoms with E-state index >= 15 is 0 Å². The number of likely N-dealkylation sites (tertiary alicyclic amines) is 1. The molecule has 0 spiro atoms. The molecule has 308 valence electrons. The highest BCUT2D eigenvalue weighted by molar-refractivity contribution is 6.00. The van der Waals surface area contributed by atoms with E-state index in [9.17, 15) is 33.3 Å². The molecule has 3 aliphatic heterocycles. The molecule has 0 aliphatic carbocycles. The van der Waals surface area contributed by atoms with Gasteiger partial charge in [-0.05, 0) is 97.8 Å². The monoisotopic (exact) mass is 827 g/mol. The second kappa shape index (κ2) is 16.2. The van der Waals surface area contributed by atoms with Crippen LogP contribution in [0.4, 0.5) is 13.2 Å². The summed E-state index contributed by atoms with van der Waals surface area (Å²) >= 11 is 0. The highest BCUT2D eigenvalue weighted by atomic mass is 19.4. The molecule has 1 fully saturated rings. The Morgan fingerprint density at radius 1 is 0.721 bits per heavy atom. The third-order valence-corrected chi connectivity index (χ3v) is 10.8. The number of rotatable bonds is 6. The first-order valence-corrected chi connectivity index (χ1v) is 19.1. The lowest BCUT2D eigenvalue weighted by molar-refractivity contribution is -0.869. The summed E-state index contributed by atoms with van der Waals surface area (Å²) in [5.74, 6) is -4.06. The van der Waals surface area contributed by atoms with Crippen molar-refractivity contribution in [2.24, 2.45) is 0 Å². The van der Waals surface area contributed by atoms with E-state index in [-0.39, 0.29) is 26.3 Å². The zero-order chi connectivity index (χ0) is 43.7. The molecule has 1 saturated heterocycles. The third kappa shape index (κ3) is 7.38. The minimum atomic E-state index is -5.19. The van der Waals surface area contributed by atoms with E-state index in [1.165, 1.54) is 0 Å². The summed E-state index contributed by atoms with van der Waals surface area (Å²) in [4.78, 5) is 56.0. The number of alkyl halides is 3. The number of H-pyrrole nitrogens is 2. The number of carbonyl (C=O) groups excluding carboxylic acids is 3. The predicted molar refractivity (Wildman–Crippen MR) is 215 cm³/mol. The summed E-state index contributed by atoms with van der Waals surface area (Å²) in [6.45, 7) is 4.29. The maximum absolute atomic E-state index is 14.4. The van der Waals surface area contributed by atoms with E-state index in [1.807, 2.05) is 79.9 Å². The zero-order valence-electron chi connectivity index (χ0n) is 32.9. The van der Waals surface area contributed by atoms with Gasteiger partial charge < -0.3 is 34.2 Å². The fourth-order valence-corrected chi connectivity index (χ4v) is 8.25. The van der Waals surface area contributed by atoms with Gasteiger partial charge in [-0.25, -0.2) is 4.98 Å². The van der Waals surface area contributed by atoms with Crippen molar-refractivity contribution >= 4 is 52.1 Å². The van der Waals surface area contributed by atoms with Crippen molar-refractivity contribution in [3.05, 3.63) is 119 Å². The molecule has 16 heteroatoms. The molecule has 2 aromatic carbocycles. The number of aromatic amines is 2. The van der Waals surface area contributed by atoms with Crippen LogP contribution < -0.4 is 10.0 Å². The number of fused-ring (bicyclic) bond motifs is 11. The van der Waals surface area contributed by atoms with Gasteiger partial charge in [-0.2, -0.15) is 23.7 Å². The quantitative estimate of drug-likeness (QED) is 0.198. The van der Waals surface area contributed by atoms with Gasteiger partial charge in [0.25, 0.3) is 0 Å². The van der Waals surface area contributed by atoms with Crippen molar-refractivity contribution < 1.29 is 47.0 Å². The van der Waals surface area contributed by atoms with Crippen LogP contribution >= 0.6 is 0 Å². The van der Waals surface area contributed by atoms with Crippen LogP contribution in [0, 0.1) is 22.7 Å². The highest BCUT2D eigenvalue weighted by Gasteiger charge is 2.76. The molecule has 61 heavy (non-hydrogen) atoms. The number of quaternary nitrogens is 1. The number of carboxylic acids is 1. The number of carboxylic acid groups (broad SMARTS) is 1. The lowest BCUT2D eigenvalue weighted by Crippen LogP contribution is -3.08. The number of likely N-dealkylation sites (N-methyl/N-ethyl adjacent to an activating group) is 1. The van der Waals surface area contributed by atoms with Gasteiger partial charge in [0, 0.05) is 33.2 Å². The molecule has 3 aliphatic rings. The molecule has 3 N–H and O–H groups in total. The van der Waals surface area contributed by atoms with Crippen molar-refractivity contribution in [3.63, 3.8) is 0 Å². The molecule has 0 saturated carbocycles. The number of carbonyl (C=O) groups is 3. The standard InChI is InChI=1S/C43H35N7O4.C2HF3O2/c1-4-53-40(51)42-24-50(3)25-43(42,41(52)54-5-2)37-21-31-15-17-33(47-31)39(29-12-8-27(23-45)9-13-29)35-19-18-34(48-35)38(28-10-6-26(22-44)7-11-28)32-16-14-30(46-32)20-36(42)49-37;3-2(4,5)1(6)7/h6-21,46-47H,4-5,24-25H2,1-3H3;(H,6,7)/t42-,43+;. The SMILES string of the molecule is CCOC(=O)[C@]12C[NH+](C)C[C@@]1(C(=O)OCC)c1cc3ccc([nH]3)c(-c3ccc(C#N)cc3)c3nc(c(-c4ccc(C#N)cc4)c4ccc(cc2n1)[nH]4)C=C3.O=C([O-])C(F)(F)F. The van der Waals surface area contributed by atoms with Crippen molar-refractivity contribution in [3.8, 4) is 34.4 Å². The van der Waals surface area contributed by atoms with Crippen LogP contribution in [-0.2, 0) is 34.7 Å². The molecule has 1 unspecified atom stereocenters. The number of nitrogens with zero attached hydrogens (tertiary/aromatic N) is 4. The fourth-order valence-electron chi connectivity index (χ4n) is 8.25. The number of hydrogen-bond acceptors (Lipinski definition) is 10. The first-order valence-electron chi connectivity index (χ1n) is 19.1. The minimum Gasteiger partial charge on any atom is -0.542 e. The summed E-state index contributed by atoms with van der Waals surface area (Å²) in [7, 11) is 1.96. The van der Waals surface area contributed by atoms with Crippen LogP contribution in [0.2, 0.25) is 0 Å². The summed E-state index contributed by atoms with van der Waals surface area (Å²) in [6, 6.07) is 30.4. The van der Waals surface area contributed by atoms with E-state index < -0.39 is 34.9 Å². The summed E-state index contributed by atoms with van der Waals surface area (Å²) in [5.41, 5.74) is 6.39. The summed E-state index contributed by atoms with van der Waals surface area (Å²) in [5, 5.41) is 27.9. The van der Waals surface area contributed by atoms with Gasteiger partial charge >= 0.3 is 18.1 Å². The van der Waals surface area contributed by atoms with Gasteiger partial charge in [-0.3, -0.25) is 14.6 Å². The Labute approximate surface area is 346 Å². The summed E-state index contributed by atoms with van der Waals surface area (Å²) in [6.07, 6.45) is -1.26. The second-order valence-electron chi connectivity index (χ2n) is 14.5. The molecule has 0 radical (unpaired) electrons. The van der Waals surface area contributed by atoms with Crippen LogP contribution in [0.1, 0.15) is 47.8 Å². The Hall–Kier alpha value is -7.56. The van der Waals surface area contributed by atoms with Crippen LogP contribution in [-0.4, -0.2) is 77.4 Å². The third-order valence-electron chi connectivity index (χ3n) is 10.8. The highest BCUT2D eigenvalue weighted by Crippen LogP contribution is 2.50. The Morgan fingerprint density at radius 3 is 1.46 bits per heavy atom. The number of nitrogens with one attached hydrogen (secondary N) is 3. The Kier molecular flexibility index (Phi) is 11.1. The first-order chi connectivity index (χ1) is 29.2. The molecule has 8 rings (SSSR count). The van der Waals surface area contributed by atoms with Crippen LogP contribution in [0.15, 0.2) is 84.9 Å². The molecule has 13 nitrogen and oxygen atoms in total. The smallest absolute Gasteiger partial charge is 0.430 e. The van der Waals surface area contributed by atoms with Crippen molar-refractivity contribution in [1.82, 2.24) is 19.9 Å². The predicted octanol–water partition coefficient (Wildman–Crippen LogP) is 4.69. The minimum absolute atomic E-state index is 0.128. The van der Waals surface area contributed by atoms with E-state index in [0.717, 1.165) is 38.2 Å². The molecule has 5 aromatic rings. The average molecular weight is 828 g/mol. The van der Waals surface area contributed by atoms with E-state index in [0.29, 0.717) is 44.9 Å². The Balaban J connectivity index is 0.000000739. The maximum Gasteiger partial charge on any atom is 0.430 e. The number of halogens is 3. The Morgan fingerprint density at radius 2 is 1.11 bits per heavy atom. The van der Waals surface area contributed by atoms with E-state index in [4.69, 9.17) is 29.3 Å². The molecule has 3 aromatic heterocycles. The largest absolute Gasteiger partial charge is 0.542 e. The van der Waals surface area contributed by atoms with Crippen LogP contribution in [0.25, 0.3) is 56.5 Å². The van der Waals surface area contributed by atoms with Gasteiger partial charge in [0.15, 0.2) is 10.8 Å². The normalized spacial score (nSPS) is 18.8. The number of esters is 2. The fraction of sp³-hybridized carbons (Fsp3) is 0.222. The zero-order valence-corrected chi connectivity index (χ0v) is 32.9. The van der Waals surface area contributed by atoms with Crippen molar-refractivity contribution in [2.45, 2.75) is 30.9 Å². The molecule has 6 heterocycles. The van der Waals surface area contributed by atoms with Crippen LogP contribution in [0.5, 0.6) is 0 Å². The van der Waals surface area contributed by atoms with E-state index in [1.54, 1.807) is 38.1 Å². The van der Waals surface area contributed by atoms with Crippen molar-refractivity contribution in [1.29, 1.82) is 10.5 Å². The lowest BCUT2D eigenvalue weighted by Gasteiger charge is -2.32. The van der Waals surface area contributed by atoms with Gasteiger partial charge in [0.05, 0.1) is 66.3 Å². The van der Waals surface area contributed by atoms with Gasteiger partial charge in [-0.15, -0.1) is 0 Å². The molecular weight excluding hydrogens is 792 g/mol. The lowest BCUT2D eigenvalue weighted by atomic mass is 9.63. The molecule has 8 bridgehead atoms. The average Bonchev–Trinajstić information content (AvgIpc) is 4.08. The topological polar surface area (TPSA) is 202 Å². The number of aliphatic carboxylic acids is 1. The molecular formula is C45H36F3N7O6. The van der Waals surface area contributed by atoms with Crippen molar-refractivity contribution in [2.75, 3.05) is 33.4 Å². The number of aromatic nitrogens is 4. The van der Waals surface area contributed by atoms with Crippen LogP contribution in [0.3, 0.4) is 0 Å². The van der Waals surface area contributed by atoms with E-state index in [2.05, 4.69) is 22.1 Å². The van der Waals surface area contributed by atoms with Gasteiger partial charge in [0.2, 0.25) is 0 Å². The Bertz CT molecular complexity index is 2680. The number of nitriles is 2. The van der Waals surface area contributed by atoms with Gasteiger partial charge in [-0.1, -0.05) is 24.3 Å². The number of benzene rings is 2. The summed E-state index contributed by atoms with van der Waals surface area (Å²) < 4.78 is 43.1. The second-order valence-corrected chi connectivity index (χ2v) is 14.5. The van der Waals surface area contributed by atoms with Gasteiger partial charge in [0.1, 0.15) is 19.1 Å². The first kappa shape index (κ1) is 41.6.